The summed E-state index contributed by atoms with van der Waals surface area (Å²) in [6, 6.07) is 7.65. The van der Waals surface area contributed by atoms with Gasteiger partial charge in [-0.15, -0.1) is 0 Å². The van der Waals surface area contributed by atoms with Crippen molar-refractivity contribution in [1.29, 1.82) is 0 Å². The van der Waals surface area contributed by atoms with E-state index in [2.05, 4.69) is 11.6 Å². The van der Waals surface area contributed by atoms with E-state index in [1.54, 1.807) is 18.8 Å². The third-order valence-electron chi connectivity index (χ3n) is 6.34. The van der Waals surface area contributed by atoms with Gasteiger partial charge in [0.2, 0.25) is 10.0 Å². The minimum atomic E-state index is -4.01. The van der Waals surface area contributed by atoms with Crippen LogP contribution in [0.4, 0.5) is 0 Å². The van der Waals surface area contributed by atoms with Gasteiger partial charge in [-0.2, -0.15) is 4.31 Å². The number of hydroxylamine groups is 1. The number of benzene rings is 1. The first-order valence-electron chi connectivity index (χ1n) is 11.1. The molecule has 0 atom stereocenters. The van der Waals surface area contributed by atoms with Gasteiger partial charge in [0.1, 0.15) is 11.6 Å². The Morgan fingerprint density at radius 1 is 1.21 bits per heavy atom. The third-order valence-corrected chi connectivity index (χ3v) is 8.97. The molecule has 2 aliphatic rings. The fourth-order valence-electron chi connectivity index (χ4n) is 4.16. The Kier molecular flexibility index (Phi) is 8.47. The lowest BCUT2D eigenvalue weighted by Crippen LogP contribution is -2.61. The standard InChI is InChI=1S/C23H32N4O6S/c1-4-19(20-5-7-21(32-3)8-6-20)17-24-18(2)26-11-13-27(14-12-26)34(30,31)23(22(28)25-29)9-15-33-16-10-23/h4-8,17,29H,2,9-16H2,1,3H3,(H,25,28)/b19-4+,24-17?. The molecule has 186 valence electrons. The molecule has 34 heavy (non-hydrogen) atoms. The van der Waals surface area contributed by atoms with Gasteiger partial charge in [0.05, 0.1) is 7.11 Å². The largest absolute Gasteiger partial charge is 0.497 e. The fraction of sp³-hybridized carbons (Fsp3) is 0.478. The number of ether oxygens (including phenoxy) is 2. The maximum absolute atomic E-state index is 13.4. The van der Waals surface area contributed by atoms with Gasteiger partial charge in [0.15, 0.2) is 4.75 Å². The fourth-order valence-corrected chi connectivity index (χ4v) is 6.26. The third kappa shape index (κ3) is 5.17. The number of rotatable bonds is 8. The molecule has 0 bridgehead atoms. The van der Waals surface area contributed by atoms with E-state index in [1.807, 2.05) is 42.2 Å². The smallest absolute Gasteiger partial charge is 0.266 e. The molecule has 1 aromatic carbocycles. The summed E-state index contributed by atoms with van der Waals surface area (Å²) in [5.41, 5.74) is 3.45. The summed E-state index contributed by atoms with van der Waals surface area (Å²) in [6.07, 6.45) is 3.67. The number of methoxy groups -OCH3 is 1. The van der Waals surface area contributed by atoms with Gasteiger partial charge in [-0.05, 0) is 30.2 Å². The van der Waals surface area contributed by atoms with E-state index in [0.29, 0.717) is 18.9 Å². The van der Waals surface area contributed by atoms with E-state index in [9.17, 15) is 18.4 Å². The molecule has 0 spiro atoms. The minimum Gasteiger partial charge on any atom is -0.497 e. The van der Waals surface area contributed by atoms with Gasteiger partial charge in [-0.3, -0.25) is 10.0 Å². The number of nitrogens with one attached hydrogen (secondary N) is 1. The lowest BCUT2D eigenvalue weighted by atomic mass is 9.98. The summed E-state index contributed by atoms with van der Waals surface area (Å²) in [4.78, 5) is 18.8. The molecule has 2 heterocycles. The van der Waals surface area contributed by atoms with Gasteiger partial charge in [-0.1, -0.05) is 24.8 Å². The van der Waals surface area contributed by atoms with Crippen LogP contribution in [0.5, 0.6) is 5.75 Å². The zero-order valence-electron chi connectivity index (χ0n) is 19.6. The molecule has 0 saturated carbocycles. The quantitative estimate of drug-likeness (QED) is 0.322. The molecule has 11 heteroatoms. The molecule has 0 unspecified atom stereocenters. The monoisotopic (exact) mass is 492 g/mol. The second kappa shape index (κ2) is 11.1. The van der Waals surface area contributed by atoms with Crippen molar-refractivity contribution in [2.24, 2.45) is 4.99 Å². The van der Waals surface area contributed by atoms with Gasteiger partial charge in [0, 0.05) is 58.4 Å². The number of carbonyl (C=O) groups excluding carboxylic acids is 1. The predicted octanol–water partition coefficient (Wildman–Crippen LogP) is 1.64. The van der Waals surface area contributed by atoms with Crippen LogP contribution in [-0.2, 0) is 19.6 Å². The molecule has 0 aromatic heterocycles. The van der Waals surface area contributed by atoms with Crippen LogP contribution >= 0.6 is 0 Å². The number of aliphatic imine (C=N–C) groups is 1. The van der Waals surface area contributed by atoms with Crippen molar-refractivity contribution in [3.63, 3.8) is 0 Å². The van der Waals surface area contributed by atoms with Crippen LogP contribution in [0.15, 0.2) is 47.7 Å². The highest BCUT2D eigenvalue weighted by Crippen LogP contribution is 2.33. The van der Waals surface area contributed by atoms with E-state index >= 15 is 0 Å². The van der Waals surface area contributed by atoms with Crippen molar-refractivity contribution in [2.45, 2.75) is 24.5 Å². The van der Waals surface area contributed by atoms with Gasteiger partial charge < -0.3 is 14.4 Å². The van der Waals surface area contributed by atoms with E-state index in [1.165, 1.54) is 4.31 Å². The highest BCUT2D eigenvalue weighted by atomic mass is 32.2. The number of allylic oxidation sites excluding steroid dienone is 2. The van der Waals surface area contributed by atoms with Crippen LogP contribution in [0.2, 0.25) is 0 Å². The maximum atomic E-state index is 13.4. The second-order valence-electron chi connectivity index (χ2n) is 8.09. The zero-order valence-corrected chi connectivity index (χ0v) is 20.4. The van der Waals surface area contributed by atoms with Crippen LogP contribution in [-0.4, -0.2) is 86.2 Å². The number of hydrogen-bond acceptors (Lipinski definition) is 8. The summed E-state index contributed by atoms with van der Waals surface area (Å²) < 4.78 is 36.9. The number of amides is 1. The first-order valence-corrected chi connectivity index (χ1v) is 12.5. The lowest BCUT2D eigenvalue weighted by Gasteiger charge is -2.41. The highest BCUT2D eigenvalue weighted by molar-refractivity contribution is 7.91. The summed E-state index contributed by atoms with van der Waals surface area (Å²) in [5, 5.41) is 9.19. The highest BCUT2D eigenvalue weighted by Gasteiger charge is 2.54. The van der Waals surface area contributed by atoms with Crippen LogP contribution in [0, 0.1) is 0 Å². The van der Waals surface area contributed by atoms with Crippen molar-refractivity contribution in [3.8, 4) is 5.75 Å². The molecular formula is C23H32N4O6S. The Morgan fingerprint density at radius 3 is 2.35 bits per heavy atom. The Hall–Kier alpha value is -2.73. The Bertz CT molecular complexity index is 1040. The molecule has 2 fully saturated rings. The van der Waals surface area contributed by atoms with Crippen LogP contribution in [0.1, 0.15) is 25.3 Å². The Labute approximate surface area is 200 Å². The summed E-state index contributed by atoms with van der Waals surface area (Å²) in [7, 11) is -2.39. The molecule has 2 saturated heterocycles. The number of sulfonamides is 1. The Morgan fingerprint density at radius 2 is 1.82 bits per heavy atom. The molecule has 1 aromatic rings. The van der Waals surface area contributed by atoms with Crippen LogP contribution in [0.3, 0.4) is 0 Å². The molecule has 0 radical (unpaired) electrons. The first kappa shape index (κ1) is 25.9. The number of nitrogens with zero attached hydrogens (tertiary/aromatic N) is 3. The zero-order chi connectivity index (χ0) is 24.8. The van der Waals surface area contributed by atoms with E-state index in [0.717, 1.165) is 16.9 Å². The van der Waals surface area contributed by atoms with Crippen molar-refractivity contribution >= 4 is 27.7 Å². The molecule has 10 nitrogen and oxygen atoms in total. The number of piperazine rings is 1. The van der Waals surface area contributed by atoms with Gasteiger partial charge >= 0.3 is 0 Å². The van der Waals surface area contributed by atoms with Crippen LogP contribution < -0.4 is 10.2 Å². The summed E-state index contributed by atoms with van der Waals surface area (Å²) >= 11 is 0. The minimum absolute atomic E-state index is 0.00354. The van der Waals surface area contributed by atoms with Crippen molar-refractivity contribution in [1.82, 2.24) is 14.7 Å². The lowest BCUT2D eigenvalue weighted by molar-refractivity contribution is -0.134. The van der Waals surface area contributed by atoms with E-state index in [-0.39, 0.29) is 39.1 Å². The molecule has 2 aliphatic heterocycles. The average Bonchev–Trinajstić information content (AvgIpc) is 2.89. The number of carbonyl (C=O) groups is 1. The van der Waals surface area contributed by atoms with E-state index in [4.69, 9.17) is 9.47 Å². The molecule has 3 rings (SSSR count). The first-order chi connectivity index (χ1) is 16.3. The maximum Gasteiger partial charge on any atom is 0.266 e. The summed E-state index contributed by atoms with van der Waals surface area (Å²) in [5.74, 6) is 0.385. The normalized spacial score (nSPS) is 19.7. The Balaban J connectivity index is 1.65. The SMILES string of the molecule is C=C(N=C/C(=C\C)c1ccc(OC)cc1)N1CCN(S(=O)(=O)C2(C(=O)NO)CCOCC2)CC1. The van der Waals surface area contributed by atoms with Crippen molar-refractivity contribution in [3.05, 3.63) is 48.3 Å². The predicted molar refractivity (Wildman–Crippen MR) is 129 cm³/mol. The summed E-state index contributed by atoms with van der Waals surface area (Å²) in [6.45, 7) is 7.38. The van der Waals surface area contributed by atoms with Gasteiger partial charge in [-0.25, -0.2) is 18.9 Å². The average molecular weight is 493 g/mol. The van der Waals surface area contributed by atoms with Crippen LogP contribution in [0.25, 0.3) is 5.57 Å². The van der Waals surface area contributed by atoms with E-state index < -0.39 is 20.7 Å². The van der Waals surface area contributed by atoms with Crippen molar-refractivity contribution in [2.75, 3.05) is 46.5 Å². The second-order valence-corrected chi connectivity index (χ2v) is 10.3. The van der Waals surface area contributed by atoms with Crippen molar-refractivity contribution < 1.29 is 27.9 Å². The molecular weight excluding hydrogens is 460 g/mol. The molecule has 1 amide bonds. The molecule has 0 aliphatic carbocycles. The van der Waals surface area contributed by atoms with Gasteiger partial charge in [0.25, 0.3) is 5.91 Å². The molecule has 2 N–H and O–H groups in total. The number of hydrogen-bond donors (Lipinski definition) is 2. The topological polar surface area (TPSA) is 121 Å².